The largest absolute Gasteiger partial charge is 0.381 e. The second-order valence-electron chi connectivity index (χ2n) is 3.38. The first-order valence-electron chi connectivity index (χ1n) is 4.49. The molecule has 1 unspecified atom stereocenters. The van der Waals surface area contributed by atoms with E-state index in [1.165, 1.54) is 0 Å². The Morgan fingerprint density at radius 1 is 1.46 bits per heavy atom. The van der Waals surface area contributed by atoms with Gasteiger partial charge >= 0.3 is 0 Å². The zero-order valence-corrected chi connectivity index (χ0v) is 7.32. The number of hydrazone groups is 1. The molecule has 2 heterocycles. The Balaban J connectivity index is 2.03. The number of rotatable bonds is 1. The van der Waals surface area contributed by atoms with Crippen molar-refractivity contribution in [1.29, 1.82) is 0 Å². The molecule has 1 fully saturated rings. The summed E-state index contributed by atoms with van der Waals surface area (Å²) in [6.07, 6.45) is 1.84. The van der Waals surface area contributed by atoms with Gasteiger partial charge < -0.3 is 10.5 Å². The van der Waals surface area contributed by atoms with E-state index in [-0.39, 0.29) is 5.91 Å². The number of nitrogens with two attached hydrogens (primary N) is 1. The van der Waals surface area contributed by atoms with Gasteiger partial charge in [-0.15, -0.1) is 0 Å². The van der Waals surface area contributed by atoms with Gasteiger partial charge in [-0.3, -0.25) is 4.79 Å². The van der Waals surface area contributed by atoms with E-state index in [1.54, 1.807) is 0 Å². The van der Waals surface area contributed by atoms with Gasteiger partial charge in [0.25, 0.3) is 5.91 Å². The Bertz CT molecular complexity index is 246. The Labute approximate surface area is 76.3 Å². The maximum Gasteiger partial charge on any atom is 0.262 e. The third kappa shape index (κ3) is 1.57. The number of ether oxygens (including phenoxy) is 1. The van der Waals surface area contributed by atoms with Crippen LogP contribution in [0.5, 0.6) is 0 Å². The number of nitrogens with one attached hydrogen (secondary N) is 1. The van der Waals surface area contributed by atoms with Crippen LogP contribution in [0.3, 0.4) is 0 Å². The molecular formula is C8H13N3O2. The van der Waals surface area contributed by atoms with Gasteiger partial charge in [0.15, 0.2) is 0 Å². The van der Waals surface area contributed by atoms with Crippen molar-refractivity contribution in [3.63, 3.8) is 0 Å². The van der Waals surface area contributed by atoms with Crippen LogP contribution in [0.1, 0.15) is 12.8 Å². The molecule has 0 aromatic rings. The Morgan fingerprint density at radius 3 is 2.69 bits per heavy atom. The third-order valence-corrected chi connectivity index (χ3v) is 2.54. The predicted molar refractivity (Wildman–Crippen MR) is 47.1 cm³/mol. The summed E-state index contributed by atoms with van der Waals surface area (Å²) in [6.45, 7) is 1.48. The van der Waals surface area contributed by atoms with Crippen LogP contribution in [0.25, 0.3) is 0 Å². The first-order chi connectivity index (χ1) is 6.29. The van der Waals surface area contributed by atoms with Crippen molar-refractivity contribution in [2.24, 2.45) is 16.8 Å². The van der Waals surface area contributed by atoms with Crippen LogP contribution in [0.2, 0.25) is 0 Å². The van der Waals surface area contributed by atoms with Crippen LogP contribution >= 0.6 is 0 Å². The summed E-state index contributed by atoms with van der Waals surface area (Å²) in [5.41, 5.74) is 8.87. The lowest BCUT2D eigenvalue weighted by molar-refractivity contribution is -0.120. The molecule has 0 bridgehead atoms. The predicted octanol–water partition coefficient (Wildman–Crippen LogP) is -0.774. The summed E-state index contributed by atoms with van der Waals surface area (Å²) in [5, 5.41) is 3.96. The Morgan fingerprint density at radius 2 is 2.15 bits per heavy atom. The van der Waals surface area contributed by atoms with Crippen LogP contribution in [0, 0.1) is 5.92 Å². The fraction of sp³-hybridized carbons (Fsp3) is 0.750. The maximum atomic E-state index is 11.0. The van der Waals surface area contributed by atoms with Gasteiger partial charge in [-0.1, -0.05) is 0 Å². The van der Waals surface area contributed by atoms with E-state index in [4.69, 9.17) is 10.5 Å². The zero-order chi connectivity index (χ0) is 9.26. The minimum Gasteiger partial charge on any atom is -0.381 e. The van der Waals surface area contributed by atoms with E-state index in [9.17, 15) is 4.79 Å². The lowest BCUT2D eigenvalue weighted by atomic mass is 9.91. The van der Waals surface area contributed by atoms with Gasteiger partial charge in [0.1, 0.15) is 6.04 Å². The molecule has 0 aliphatic carbocycles. The molecule has 1 amide bonds. The number of amides is 1. The monoisotopic (exact) mass is 183 g/mol. The summed E-state index contributed by atoms with van der Waals surface area (Å²) < 4.78 is 5.22. The van der Waals surface area contributed by atoms with Crippen molar-refractivity contribution in [1.82, 2.24) is 5.43 Å². The van der Waals surface area contributed by atoms with Crippen molar-refractivity contribution in [3.05, 3.63) is 0 Å². The molecule has 13 heavy (non-hydrogen) atoms. The molecule has 0 saturated carbocycles. The smallest absolute Gasteiger partial charge is 0.262 e. The lowest BCUT2D eigenvalue weighted by Crippen LogP contribution is -2.41. The van der Waals surface area contributed by atoms with E-state index in [2.05, 4.69) is 10.5 Å². The minimum atomic E-state index is -0.539. The van der Waals surface area contributed by atoms with Crippen LogP contribution in [-0.4, -0.2) is 30.9 Å². The van der Waals surface area contributed by atoms with Crippen LogP contribution in [-0.2, 0) is 9.53 Å². The van der Waals surface area contributed by atoms with Gasteiger partial charge in [0.2, 0.25) is 0 Å². The van der Waals surface area contributed by atoms with E-state index < -0.39 is 6.04 Å². The van der Waals surface area contributed by atoms with Gasteiger partial charge in [-0.05, 0) is 12.8 Å². The van der Waals surface area contributed by atoms with Crippen molar-refractivity contribution in [3.8, 4) is 0 Å². The molecule has 72 valence electrons. The highest BCUT2D eigenvalue weighted by molar-refractivity contribution is 6.12. The van der Waals surface area contributed by atoms with Gasteiger partial charge in [0, 0.05) is 19.1 Å². The molecule has 1 atom stereocenters. The molecule has 2 aliphatic rings. The highest BCUT2D eigenvalue weighted by atomic mass is 16.5. The number of nitrogens with zero attached hydrogens (tertiary/aromatic N) is 1. The first-order valence-corrected chi connectivity index (χ1v) is 4.49. The summed E-state index contributed by atoms with van der Waals surface area (Å²) in [6, 6.07) is -0.539. The average Bonchev–Trinajstić information content (AvgIpc) is 2.49. The molecule has 5 nitrogen and oxygen atoms in total. The second kappa shape index (κ2) is 3.43. The van der Waals surface area contributed by atoms with Gasteiger partial charge in [0.05, 0.1) is 5.71 Å². The maximum absolute atomic E-state index is 11.0. The molecule has 0 aromatic carbocycles. The van der Waals surface area contributed by atoms with Crippen molar-refractivity contribution in [2.75, 3.05) is 13.2 Å². The molecule has 1 saturated heterocycles. The molecule has 2 aliphatic heterocycles. The quantitative estimate of drug-likeness (QED) is 0.560. The zero-order valence-electron chi connectivity index (χ0n) is 7.32. The van der Waals surface area contributed by atoms with Crippen molar-refractivity contribution >= 4 is 11.6 Å². The molecule has 0 spiro atoms. The highest BCUT2D eigenvalue weighted by Gasteiger charge is 2.32. The average molecular weight is 183 g/mol. The minimum absolute atomic E-state index is 0.193. The first kappa shape index (κ1) is 8.65. The molecule has 5 heteroatoms. The van der Waals surface area contributed by atoms with E-state index >= 15 is 0 Å². The van der Waals surface area contributed by atoms with Crippen LogP contribution in [0.15, 0.2) is 5.10 Å². The molecule has 0 aromatic heterocycles. The highest BCUT2D eigenvalue weighted by Crippen LogP contribution is 2.19. The van der Waals surface area contributed by atoms with Gasteiger partial charge in [-0.2, -0.15) is 5.10 Å². The fourth-order valence-corrected chi connectivity index (χ4v) is 1.73. The second-order valence-corrected chi connectivity index (χ2v) is 3.38. The van der Waals surface area contributed by atoms with E-state index in [0.717, 1.165) is 31.8 Å². The topological polar surface area (TPSA) is 76.7 Å². The summed E-state index contributed by atoms with van der Waals surface area (Å²) >= 11 is 0. The van der Waals surface area contributed by atoms with Gasteiger partial charge in [-0.25, -0.2) is 5.43 Å². The number of hydrogen-bond acceptors (Lipinski definition) is 4. The van der Waals surface area contributed by atoms with Crippen LogP contribution < -0.4 is 11.2 Å². The summed E-state index contributed by atoms with van der Waals surface area (Å²) in [5.74, 6) is 0.129. The summed E-state index contributed by atoms with van der Waals surface area (Å²) in [4.78, 5) is 11.0. The SMILES string of the molecule is NC1C(=O)NN=C1C1CCOCC1. The molecule has 3 N–H and O–H groups in total. The number of hydrogen-bond donors (Lipinski definition) is 2. The Hall–Kier alpha value is -0.940. The van der Waals surface area contributed by atoms with E-state index in [1.807, 2.05) is 0 Å². The van der Waals surface area contributed by atoms with Crippen LogP contribution in [0.4, 0.5) is 0 Å². The normalized spacial score (nSPS) is 30.1. The molecular weight excluding hydrogens is 170 g/mol. The number of carbonyl (C=O) groups excluding carboxylic acids is 1. The Kier molecular flexibility index (Phi) is 2.28. The fourth-order valence-electron chi connectivity index (χ4n) is 1.73. The molecule has 0 radical (unpaired) electrons. The lowest BCUT2D eigenvalue weighted by Gasteiger charge is -2.22. The third-order valence-electron chi connectivity index (χ3n) is 2.54. The van der Waals surface area contributed by atoms with Crippen molar-refractivity contribution < 1.29 is 9.53 Å². The summed E-state index contributed by atoms with van der Waals surface area (Å²) in [7, 11) is 0. The van der Waals surface area contributed by atoms with E-state index in [0.29, 0.717) is 5.92 Å². The molecule has 2 rings (SSSR count). The standard InChI is InChI=1S/C8H13N3O2/c9-6-7(10-11-8(6)12)5-1-3-13-4-2-5/h5-6H,1-4,9H2,(H,11,12). The van der Waals surface area contributed by atoms with Crippen molar-refractivity contribution in [2.45, 2.75) is 18.9 Å². The number of carbonyl (C=O) groups is 1.